The molecular formula is C18H35N3O2. The number of piperazine rings is 1. The summed E-state index contributed by atoms with van der Waals surface area (Å²) in [5.41, 5.74) is -0.404. The van der Waals surface area contributed by atoms with E-state index in [-0.39, 0.29) is 6.09 Å². The van der Waals surface area contributed by atoms with Crippen molar-refractivity contribution < 1.29 is 9.53 Å². The van der Waals surface area contributed by atoms with Crippen LogP contribution in [0.1, 0.15) is 59.3 Å². The van der Waals surface area contributed by atoms with Gasteiger partial charge in [0.15, 0.2) is 0 Å². The zero-order chi connectivity index (χ0) is 16.7. The largest absolute Gasteiger partial charge is 0.444 e. The summed E-state index contributed by atoms with van der Waals surface area (Å²) < 4.78 is 5.44. The molecule has 5 heteroatoms. The van der Waals surface area contributed by atoms with Crippen LogP contribution in [0.15, 0.2) is 0 Å². The number of amides is 1. The second-order valence-corrected chi connectivity index (χ2v) is 7.95. The van der Waals surface area contributed by atoms with Crippen molar-refractivity contribution >= 4 is 6.09 Å². The molecule has 1 amide bonds. The fraction of sp³-hybridized carbons (Fsp3) is 0.944. The first-order chi connectivity index (χ1) is 10.9. The van der Waals surface area contributed by atoms with Crippen molar-refractivity contribution in [2.45, 2.75) is 70.9 Å². The van der Waals surface area contributed by atoms with Crippen LogP contribution < -0.4 is 5.32 Å². The molecular weight excluding hydrogens is 290 g/mol. The molecule has 1 aliphatic carbocycles. The van der Waals surface area contributed by atoms with Gasteiger partial charge in [0.25, 0.3) is 0 Å². The first-order valence-corrected chi connectivity index (χ1v) is 9.38. The van der Waals surface area contributed by atoms with Gasteiger partial charge in [-0.1, -0.05) is 19.3 Å². The number of hydrogen-bond acceptors (Lipinski definition) is 4. The van der Waals surface area contributed by atoms with E-state index in [0.717, 1.165) is 45.3 Å². The molecule has 0 atom stereocenters. The van der Waals surface area contributed by atoms with Gasteiger partial charge in [0.05, 0.1) is 0 Å². The molecule has 0 spiro atoms. The van der Waals surface area contributed by atoms with Gasteiger partial charge in [-0.25, -0.2) is 4.79 Å². The Labute approximate surface area is 141 Å². The van der Waals surface area contributed by atoms with Crippen LogP contribution in [-0.2, 0) is 4.74 Å². The van der Waals surface area contributed by atoms with Crippen molar-refractivity contribution in [2.75, 3.05) is 39.3 Å². The van der Waals surface area contributed by atoms with Gasteiger partial charge < -0.3 is 15.0 Å². The van der Waals surface area contributed by atoms with E-state index in [1.807, 2.05) is 25.7 Å². The Hall–Kier alpha value is -0.810. The molecule has 0 bridgehead atoms. The summed E-state index contributed by atoms with van der Waals surface area (Å²) in [7, 11) is 0. The van der Waals surface area contributed by atoms with Gasteiger partial charge in [-0.15, -0.1) is 0 Å². The summed E-state index contributed by atoms with van der Waals surface area (Å²) in [6.45, 7) is 11.5. The number of ether oxygens (including phenoxy) is 1. The lowest BCUT2D eigenvalue weighted by Gasteiger charge is -2.35. The first-order valence-electron chi connectivity index (χ1n) is 9.38. The van der Waals surface area contributed by atoms with Crippen molar-refractivity contribution in [2.24, 2.45) is 0 Å². The third-order valence-electron chi connectivity index (χ3n) is 4.71. The molecule has 23 heavy (non-hydrogen) atoms. The molecule has 2 aliphatic rings. The van der Waals surface area contributed by atoms with E-state index in [1.54, 1.807) is 0 Å². The Morgan fingerprint density at radius 1 is 1.09 bits per heavy atom. The summed E-state index contributed by atoms with van der Waals surface area (Å²) in [5, 5.41) is 3.70. The Balaban J connectivity index is 1.55. The highest BCUT2D eigenvalue weighted by Crippen LogP contribution is 2.17. The highest BCUT2D eigenvalue weighted by atomic mass is 16.6. The summed E-state index contributed by atoms with van der Waals surface area (Å²) in [5.74, 6) is 0. The van der Waals surface area contributed by atoms with E-state index in [9.17, 15) is 4.79 Å². The summed E-state index contributed by atoms with van der Waals surface area (Å²) in [4.78, 5) is 16.3. The molecule has 0 radical (unpaired) electrons. The molecule has 134 valence electrons. The number of nitrogens with zero attached hydrogens (tertiary/aromatic N) is 2. The lowest BCUT2D eigenvalue weighted by Crippen LogP contribution is -2.50. The normalized spacial score (nSPS) is 21.4. The first kappa shape index (κ1) is 18.5. The topological polar surface area (TPSA) is 44.8 Å². The number of rotatable bonds is 5. The third-order valence-corrected chi connectivity index (χ3v) is 4.71. The molecule has 0 aromatic carbocycles. The van der Waals surface area contributed by atoms with E-state index in [1.165, 1.54) is 38.5 Å². The standard InChI is InChI=1S/C18H35N3O2/c1-18(2,3)23-17(22)21-14-12-20(13-15-21)11-7-10-19-16-8-5-4-6-9-16/h16,19H,4-15H2,1-3H3. The molecule has 1 heterocycles. The van der Waals surface area contributed by atoms with Crippen molar-refractivity contribution in [1.82, 2.24) is 15.1 Å². The van der Waals surface area contributed by atoms with Crippen LogP contribution in [0.3, 0.4) is 0 Å². The van der Waals surface area contributed by atoms with Crippen LogP contribution in [-0.4, -0.2) is 66.8 Å². The summed E-state index contributed by atoms with van der Waals surface area (Å²) in [6, 6.07) is 0.757. The Morgan fingerprint density at radius 2 is 1.74 bits per heavy atom. The maximum atomic E-state index is 12.0. The summed E-state index contributed by atoms with van der Waals surface area (Å²) in [6.07, 6.45) is 7.94. The number of carbonyl (C=O) groups is 1. The third kappa shape index (κ3) is 7.08. The van der Waals surface area contributed by atoms with Gasteiger partial charge in [-0.05, 0) is 53.1 Å². The Bertz CT molecular complexity index is 354. The number of nitrogens with one attached hydrogen (secondary N) is 1. The SMILES string of the molecule is CC(C)(C)OC(=O)N1CCN(CCCNC2CCCCC2)CC1. The van der Waals surface area contributed by atoms with E-state index in [4.69, 9.17) is 4.74 Å². The lowest BCUT2D eigenvalue weighted by atomic mass is 9.95. The monoisotopic (exact) mass is 325 g/mol. The smallest absolute Gasteiger partial charge is 0.410 e. The van der Waals surface area contributed by atoms with Gasteiger partial charge in [-0.2, -0.15) is 0 Å². The van der Waals surface area contributed by atoms with Crippen molar-refractivity contribution in [3.05, 3.63) is 0 Å². The van der Waals surface area contributed by atoms with Crippen LogP contribution in [0, 0.1) is 0 Å². The molecule has 2 fully saturated rings. The highest BCUT2D eigenvalue weighted by molar-refractivity contribution is 5.68. The van der Waals surface area contributed by atoms with Gasteiger partial charge in [0.1, 0.15) is 5.60 Å². The van der Waals surface area contributed by atoms with Gasteiger partial charge >= 0.3 is 6.09 Å². The predicted molar refractivity (Wildman–Crippen MR) is 93.7 cm³/mol. The quantitative estimate of drug-likeness (QED) is 0.790. The predicted octanol–water partition coefficient (Wildman–Crippen LogP) is 2.85. The lowest BCUT2D eigenvalue weighted by molar-refractivity contribution is 0.0144. The zero-order valence-electron chi connectivity index (χ0n) is 15.3. The van der Waals surface area contributed by atoms with Crippen molar-refractivity contribution in [3.63, 3.8) is 0 Å². The van der Waals surface area contributed by atoms with E-state index >= 15 is 0 Å². The van der Waals surface area contributed by atoms with Crippen molar-refractivity contribution in [3.8, 4) is 0 Å². The highest BCUT2D eigenvalue weighted by Gasteiger charge is 2.25. The summed E-state index contributed by atoms with van der Waals surface area (Å²) >= 11 is 0. The van der Waals surface area contributed by atoms with Crippen LogP contribution in [0.5, 0.6) is 0 Å². The fourth-order valence-corrected chi connectivity index (χ4v) is 3.40. The fourth-order valence-electron chi connectivity index (χ4n) is 3.40. The molecule has 1 aliphatic heterocycles. The molecule has 2 rings (SSSR count). The van der Waals surface area contributed by atoms with Crippen LogP contribution in [0.2, 0.25) is 0 Å². The average molecular weight is 325 g/mol. The number of hydrogen-bond donors (Lipinski definition) is 1. The molecule has 1 N–H and O–H groups in total. The second-order valence-electron chi connectivity index (χ2n) is 7.95. The van der Waals surface area contributed by atoms with Gasteiger partial charge in [0, 0.05) is 32.2 Å². The van der Waals surface area contributed by atoms with Crippen LogP contribution in [0.25, 0.3) is 0 Å². The average Bonchev–Trinajstić information content (AvgIpc) is 2.51. The molecule has 0 aromatic rings. The maximum Gasteiger partial charge on any atom is 0.410 e. The second kappa shape index (κ2) is 8.88. The molecule has 0 aromatic heterocycles. The van der Waals surface area contributed by atoms with Crippen LogP contribution in [0.4, 0.5) is 4.79 Å². The molecule has 0 unspecified atom stereocenters. The molecule has 1 saturated carbocycles. The molecule has 5 nitrogen and oxygen atoms in total. The minimum Gasteiger partial charge on any atom is -0.444 e. The van der Waals surface area contributed by atoms with E-state index in [2.05, 4.69) is 10.2 Å². The van der Waals surface area contributed by atoms with Crippen molar-refractivity contribution in [1.29, 1.82) is 0 Å². The minimum atomic E-state index is -0.404. The maximum absolute atomic E-state index is 12.0. The van der Waals surface area contributed by atoms with Crippen LogP contribution >= 0.6 is 0 Å². The molecule has 1 saturated heterocycles. The minimum absolute atomic E-state index is 0.170. The number of carbonyl (C=O) groups excluding carboxylic acids is 1. The zero-order valence-corrected chi connectivity index (χ0v) is 15.3. The van der Waals surface area contributed by atoms with E-state index in [0.29, 0.717) is 0 Å². The van der Waals surface area contributed by atoms with Gasteiger partial charge in [0.2, 0.25) is 0 Å². The Kier molecular flexibility index (Phi) is 7.15. The van der Waals surface area contributed by atoms with E-state index < -0.39 is 5.60 Å². The Morgan fingerprint density at radius 3 is 2.35 bits per heavy atom. The van der Waals surface area contributed by atoms with Gasteiger partial charge in [-0.3, -0.25) is 4.90 Å².